The highest BCUT2D eigenvalue weighted by molar-refractivity contribution is 6.31. The van der Waals surface area contributed by atoms with Crippen LogP contribution in [-0.2, 0) is 11.3 Å². The van der Waals surface area contributed by atoms with Crippen LogP contribution in [0.1, 0.15) is 11.3 Å². The van der Waals surface area contributed by atoms with E-state index in [-0.39, 0.29) is 0 Å². The predicted octanol–water partition coefficient (Wildman–Crippen LogP) is 3.11. The first-order chi connectivity index (χ1) is 10.2. The lowest BCUT2D eigenvalue weighted by molar-refractivity contribution is 0.210. The Morgan fingerprint density at radius 2 is 2.00 bits per heavy atom. The first kappa shape index (κ1) is 15.5. The van der Waals surface area contributed by atoms with Crippen molar-refractivity contribution in [2.45, 2.75) is 13.5 Å². The number of aromatic nitrogens is 2. The van der Waals surface area contributed by atoms with Gasteiger partial charge in [0, 0.05) is 37.0 Å². The summed E-state index contributed by atoms with van der Waals surface area (Å²) in [5.74, 6) is 1.36. The Labute approximate surface area is 129 Å². The van der Waals surface area contributed by atoms with Gasteiger partial charge >= 0.3 is 0 Å². The molecule has 5 nitrogen and oxygen atoms in total. The number of nitrogens with zero attached hydrogens (tertiary/aromatic N) is 2. The molecular weight excluding hydrogens is 288 g/mol. The maximum absolute atomic E-state index is 6.14. The zero-order chi connectivity index (χ0) is 15.1. The van der Waals surface area contributed by atoms with E-state index in [1.165, 1.54) is 0 Å². The van der Waals surface area contributed by atoms with Crippen molar-refractivity contribution in [2.24, 2.45) is 0 Å². The number of hydrogen-bond acceptors (Lipinski definition) is 5. The van der Waals surface area contributed by atoms with E-state index >= 15 is 0 Å². The first-order valence-electron chi connectivity index (χ1n) is 6.75. The van der Waals surface area contributed by atoms with Gasteiger partial charge in [0.1, 0.15) is 5.82 Å². The summed E-state index contributed by atoms with van der Waals surface area (Å²) in [5, 5.41) is 7.13. The summed E-state index contributed by atoms with van der Waals surface area (Å²) < 4.78 is 4.99. The number of halogens is 1. The van der Waals surface area contributed by atoms with E-state index in [9.17, 15) is 0 Å². The van der Waals surface area contributed by atoms with E-state index in [1.54, 1.807) is 7.11 Å². The van der Waals surface area contributed by atoms with Crippen molar-refractivity contribution in [1.82, 2.24) is 9.97 Å². The van der Waals surface area contributed by atoms with E-state index in [0.717, 1.165) is 22.1 Å². The molecule has 0 bridgehead atoms. The van der Waals surface area contributed by atoms with Crippen LogP contribution in [0.2, 0.25) is 5.02 Å². The highest BCUT2D eigenvalue weighted by atomic mass is 35.5. The van der Waals surface area contributed by atoms with Crippen LogP contribution in [0.4, 0.5) is 11.8 Å². The Balaban J connectivity index is 2.01. The molecule has 0 saturated carbocycles. The molecule has 0 atom stereocenters. The number of benzene rings is 1. The number of methoxy groups -OCH3 is 1. The third-order valence-electron chi connectivity index (χ3n) is 2.86. The van der Waals surface area contributed by atoms with Gasteiger partial charge in [-0.2, -0.15) is 4.98 Å². The average Bonchev–Trinajstić information content (AvgIpc) is 2.46. The second kappa shape index (κ2) is 7.81. The van der Waals surface area contributed by atoms with E-state index in [1.807, 2.05) is 37.3 Å². The molecule has 0 fully saturated rings. The van der Waals surface area contributed by atoms with Crippen molar-refractivity contribution >= 4 is 23.4 Å². The molecule has 1 heterocycles. The summed E-state index contributed by atoms with van der Waals surface area (Å²) in [5.41, 5.74) is 1.93. The quantitative estimate of drug-likeness (QED) is 0.770. The minimum Gasteiger partial charge on any atom is -0.383 e. The van der Waals surface area contributed by atoms with Gasteiger partial charge in [-0.3, -0.25) is 0 Å². The third kappa shape index (κ3) is 4.88. The first-order valence-corrected chi connectivity index (χ1v) is 7.12. The smallest absolute Gasteiger partial charge is 0.224 e. The third-order valence-corrected chi connectivity index (χ3v) is 3.23. The number of aryl methyl sites for hydroxylation is 1. The van der Waals surface area contributed by atoms with Gasteiger partial charge in [0.2, 0.25) is 5.95 Å². The highest BCUT2D eigenvalue weighted by Gasteiger charge is 2.03. The van der Waals surface area contributed by atoms with Gasteiger partial charge < -0.3 is 15.4 Å². The summed E-state index contributed by atoms with van der Waals surface area (Å²) in [4.78, 5) is 8.75. The summed E-state index contributed by atoms with van der Waals surface area (Å²) >= 11 is 6.14. The Morgan fingerprint density at radius 3 is 2.76 bits per heavy atom. The van der Waals surface area contributed by atoms with E-state index in [4.69, 9.17) is 16.3 Å². The molecule has 0 radical (unpaired) electrons. The molecule has 1 aromatic carbocycles. The molecule has 1 aromatic heterocycles. The molecule has 21 heavy (non-hydrogen) atoms. The molecule has 0 aliphatic rings. The maximum atomic E-state index is 6.14. The van der Waals surface area contributed by atoms with E-state index in [0.29, 0.717) is 25.6 Å². The number of rotatable bonds is 7. The molecule has 2 N–H and O–H groups in total. The van der Waals surface area contributed by atoms with Crippen LogP contribution >= 0.6 is 11.6 Å². The highest BCUT2D eigenvalue weighted by Crippen LogP contribution is 2.17. The van der Waals surface area contributed by atoms with Crippen molar-refractivity contribution in [3.63, 3.8) is 0 Å². The van der Waals surface area contributed by atoms with Gasteiger partial charge in [0.25, 0.3) is 0 Å². The van der Waals surface area contributed by atoms with Gasteiger partial charge in [-0.25, -0.2) is 4.98 Å². The normalized spacial score (nSPS) is 10.4. The fourth-order valence-corrected chi connectivity index (χ4v) is 2.03. The van der Waals surface area contributed by atoms with Crippen molar-refractivity contribution in [3.8, 4) is 0 Å². The van der Waals surface area contributed by atoms with Crippen LogP contribution in [0.15, 0.2) is 30.3 Å². The summed E-state index contributed by atoms with van der Waals surface area (Å²) in [6.45, 7) is 3.83. The summed E-state index contributed by atoms with van der Waals surface area (Å²) in [7, 11) is 1.66. The zero-order valence-electron chi connectivity index (χ0n) is 12.2. The number of hydrogen-bond donors (Lipinski definition) is 2. The molecule has 0 saturated heterocycles. The Bertz CT molecular complexity index is 592. The predicted molar refractivity (Wildman–Crippen MR) is 85.9 cm³/mol. The fourth-order valence-electron chi connectivity index (χ4n) is 1.83. The summed E-state index contributed by atoms with van der Waals surface area (Å²) in [6.07, 6.45) is 0. The van der Waals surface area contributed by atoms with Crippen LogP contribution in [0.5, 0.6) is 0 Å². The topological polar surface area (TPSA) is 59.1 Å². The Hall–Kier alpha value is -1.85. The minimum atomic E-state index is 0.591. The Kier molecular flexibility index (Phi) is 5.78. The van der Waals surface area contributed by atoms with Crippen LogP contribution in [-0.4, -0.2) is 30.2 Å². The standard InChI is InChI=1S/C15H19ClN4O/c1-11-9-14(20-15(19-11)17-7-8-21-2)18-10-12-5-3-4-6-13(12)16/h3-6,9H,7-8,10H2,1-2H3,(H2,17,18,19,20). The van der Waals surface area contributed by atoms with E-state index < -0.39 is 0 Å². The molecule has 2 rings (SSSR count). The van der Waals surface area contributed by atoms with Crippen LogP contribution < -0.4 is 10.6 Å². The molecule has 6 heteroatoms. The lowest BCUT2D eigenvalue weighted by Crippen LogP contribution is -2.12. The fraction of sp³-hybridized carbons (Fsp3) is 0.333. The SMILES string of the molecule is COCCNc1nc(C)cc(NCc2ccccc2Cl)n1. The monoisotopic (exact) mass is 306 g/mol. The van der Waals surface area contributed by atoms with E-state index in [2.05, 4.69) is 20.6 Å². The molecule has 0 spiro atoms. The zero-order valence-corrected chi connectivity index (χ0v) is 12.9. The lowest BCUT2D eigenvalue weighted by Gasteiger charge is -2.10. The molecule has 0 amide bonds. The van der Waals surface area contributed by atoms with Crippen LogP contribution in [0, 0.1) is 6.92 Å². The number of nitrogens with one attached hydrogen (secondary N) is 2. The lowest BCUT2D eigenvalue weighted by atomic mass is 10.2. The summed E-state index contributed by atoms with van der Waals surface area (Å²) in [6, 6.07) is 9.64. The van der Waals surface area contributed by atoms with Gasteiger partial charge in [-0.1, -0.05) is 29.8 Å². The number of anilines is 2. The van der Waals surface area contributed by atoms with Crippen molar-refractivity contribution in [1.29, 1.82) is 0 Å². The number of ether oxygens (including phenoxy) is 1. The minimum absolute atomic E-state index is 0.591. The molecular formula is C15H19ClN4O. The van der Waals surface area contributed by atoms with Gasteiger partial charge in [-0.05, 0) is 18.6 Å². The average molecular weight is 307 g/mol. The van der Waals surface area contributed by atoms with Crippen LogP contribution in [0.3, 0.4) is 0 Å². The van der Waals surface area contributed by atoms with Gasteiger partial charge in [0.05, 0.1) is 6.61 Å². The molecule has 0 unspecified atom stereocenters. The molecule has 0 aliphatic heterocycles. The van der Waals surface area contributed by atoms with Crippen LogP contribution in [0.25, 0.3) is 0 Å². The maximum Gasteiger partial charge on any atom is 0.224 e. The van der Waals surface area contributed by atoms with Crippen molar-refractivity contribution in [3.05, 3.63) is 46.6 Å². The Morgan fingerprint density at radius 1 is 1.19 bits per heavy atom. The van der Waals surface area contributed by atoms with Crippen molar-refractivity contribution < 1.29 is 4.74 Å². The second-order valence-electron chi connectivity index (χ2n) is 4.58. The van der Waals surface area contributed by atoms with Gasteiger partial charge in [0.15, 0.2) is 0 Å². The van der Waals surface area contributed by atoms with Gasteiger partial charge in [-0.15, -0.1) is 0 Å². The molecule has 112 valence electrons. The largest absolute Gasteiger partial charge is 0.383 e. The second-order valence-corrected chi connectivity index (χ2v) is 4.99. The molecule has 2 aromatic rings. The van der Waals surface area contributed by atoms with Crippen molar-refractivity contribution in [2.75, 3.05) is 30.9 Å². The molecule has 0 aliphatic carbocycles.